The van der Waals surface area contributed by atoms with E-state index in [2.05, 4.69) is 15.3 Å². The predicted molar refractivity (Wildman–Crippen MR) is 113 cm³/mol. The van der Waals surface area contributed by atoms with Crippen LogP contribution in [0.1, 0.15) is 27.0 Å². The Hall–Kier alpha value is -3.95. The molecule has 4 aromatic rings. The normalized spacial score (nSPS) is 12.1. The average molecular weight is 475 g/mol. The second-order valence-corrected chi connectivity index (χ2v) is 7.35. The molecule has 0 saturated heterocycles. The van der Waals surface area contributed by atoms with Gasteiger partial charge in [-0.2, -0.15) is 26.3 Å². The van der Waals surface area contributed by atoms with Gasteiger partial charge in [0.1, 0.15) is 0 Å². The topological polar surface area (TPSA) is 54.9 Å². The molecule has 0 radical (unpaired) electrons. The van der Waals surface area contributed by atoms with Crippen molar-refractivity contribution in [2.45, 2.75) is 18.9 Å². The number of hydrogen-bond donors (Lipinski definition) is 1. The number of amides is 1. The highest BCUT2D eigenvalue weighted by Crippen LogP contribution is 2.37. The minimum Gasteiger partial charge on any atom is -0.348 e. The number of aromatic nitrogens is 2. The van der Waals surface area contributed by atoms with Crippen LogP contribution in [0.3, 0.4) is 0 Å². The fourth-order valence-corrected chi connectivity index (χ4v) is 3.49. The number of hydrogen-bond acceptors (Lipinski definition) is 3. The van der Waals surface area contributed by atoms with Crippen LogP contribution in [-0.4, -0.2) is 15.9 Å². The SMILES string of the molecule is O=C(NCc1c(C(F)(F)F)ccnc1-c1ccc(C(F)(F)F)cc1)c1ccc2ncccc2c1. The van der Waals surface area contributed by atoms with Crippen LogP contribution in [-0.2, 0) is 18.9 Å². The molecule has 0 aliphatic heterocycles. The molecule has 4 nitrogen and oxygen atoms in total. The number of carbonyl (C=O) groups is 1. The molecule has 4 rings (SSSR count). The molecule has 10 heteroatoms. The quantitative estimate of drug-likeness (QED) is 0.354. The van der Waals surface area contributed by atoms with Crippen LogP contribution in [0.4, 0.5) is 26.3 Å². The van der Waals surface area contributed by atoms with E-state index in [-0.39, 0.29) is 22.4 Å². The van der Waals surface area contributed by atoms with E-state index in [0.717, 1.165) is 36.5 Å². The first-order valence-electron chi connectivity index (χ1n) is 9.90. The van der Waals surface area contributed by atoms with Crippen LogP contribution in [0.5, 0.6) is 0 Å². The molecule has 174 valence electrons. The second-order valence-electron chi connectivity index (χ2n) is 7.35. The van der Waals surface area contributed by atoms with E-state index in [0.29, 0.717) is 10.9 Å². The van der Waals surface area contributed by atoms with E-state index in [1.807, 2.05) is 0 Å². The molecule has 0 unspecified atom stereocenters. The van der Waals surface area contributed by atoms with Crippen molar-refractivity contribution in [1.29, 1.82) is 0 Å². The summed E-state index contributed by atoms with van der Waals surface area (Å²) in [7, 11) is 0. The Kier molecular flexibility index (Phi) is 5.99. The van der Waals surface area contributed by atoms with Gasteiger partial charge in [0.05, 0.1) is 22.3 Å². The van der Waals surface area contributed by atoms with E-state index in [4.69, 9.17) is 0 Å². The molecule has 2 aromatic heterocycles. The maximum atomic E-state index is 13.7. The van der Waals surface area contributed by atoms with Gasteiger partial charge < -0.3 is 5.32 Å². The molecule has 0 aliphatic carbocycles. The highest BCUT2D eigenvalue weighted by Gasteiger charge is 2.35. The lowest BCUT2D eigenvalue weighted by atomic mass is 9.99. The lowest BCUT2D eigenvalue weighted by Gasteiger charge is -2.17. The Labute approximate surface area is 189 Å². The van der Waals surface area contributed by atoms with Gasteiger partial charge in [0.25, 0.3) is 5.91 Å². The predicted octanol–water partition coefficient (Wildman–Crippen LogP) is 6.26. The summed E-state index contributed by atoms with van der Waals surface area (Å²) >= 11 is 0. The van der Waals surface area contributed by atoms with Gasteiger partial charge in [-0.15, -0.1) is 0 Å². The van der Waals surface area contributed by atoms with Crippen molar-refractivity contribution in [2.75, 3.05) is 0 Å². The number of fused-ring (bicyclic) bond motifs is 1. The van der Waals surface area contributed by atoms with E-state index in [1.165, 1.54) is 6.07 Å². The zero-order valence-corrected chi connectivity index (χ0v) is 17.2. The zero-order chi connectivity index (χ0) is 24.5. The maximum absolute atomic E-state index is 13.7. The number of halogens is 6. The van der Waals surface area contributed by atoms with E-state index >= 15 is 0 Å². The van der Waals surface area contributed by atoms with Gasteiger partial charge in [-0.3, -0.25) is 14.8 Å². The Balaban J connectivity index is 1.67. The largest absolute Gasteiger partial charge is 0.416 e. The molecule has 0 aliphatic rings. The highest BCUT2D eigenvalue weighted by molar-refractivity contribution is 5.97. The standard InChI is InChI=1S/C24H15F6N3O/c25-23(26,27)17-6-3-14(4-7-17)21-18(19(9-11-32-21)24(28,29)30)13-33-22(34)16-5-8-20-15(12-16)2-1-10-31-20/h1-12H,13H2,(H,33,34). The van der Waals surface area contributed by atoms with Crippen molar-refractivity contribution in [3.63, 3.8) is 0 Å². The monoisotopic (exact) mass is 475 g/mol. The average Bonchev–Trinajstić information content (AvgIpc) is 2.81. The number of rotatable bonds is 4. The molecular formula is C24H15F6N3O. The first-order chi connectivity index (χ1) is 16.0. The summed E-state index contributed by atoms with van der Waals surface area (Å²) in [5, 5.41) is 3.14. The van der Waals surface area contributed by atoms with E-state index in [9.17, 15) is 31.1 Å². The third-order valence-electron chi connectivity index (χ3n) is 5.14. The molecule has 2 heterocycles. The highest BCUT2D eigenvalue weighted by atomic mass is 19.4. The Morgan fingerprint density at radius 3 is 2.24 bits per heavy atom. The number of alkyl halides is 6. The zero-order valence-electron chi connectivity index (χ0n) is 17.2. The molecule has 0 fully saturated rings. The molecule has 0 atom stereocenters. The van der Waals surface area contributed by atoms with Crippen LogP contribution in [0.15, 0.2) is 73.1 Å². The summed E-state index contributed by atoms with van der Waals surface area (Å²) in [6, 6.07) is 12.5. The van der Waals surface area contributed by atoms with E-state index < -0.39 is 35.9 Å². The van der Waals surface area contributed by atoms with Gasteiger partial charge in [-0.05, 0) is 42.5 Å². The van der Waals surface area contributed by atoms with Crippen molar-refractivity contribution in [2.24, 2.45) is 0 Å². The van der Waals surface area contributed by atoms with Crippen molar-refractivity contribution < 1.29 is 31.1 Å². The fourth-order valence-electron chi connectivity index (χ4n) is 3.49. The molecule has 1 N–H and O–H groups in total. The Morgan fingerprint density at radius 1 is 0.824 bits per heavy atom. The number of nitrogens with one attached hydrogen (secondary N) is 1. The van der Waals surface area contributed by atoms with Crippen LogP contribution in [0, 0.1) is 0 Å². The second kappa shape index (κ2) is 8.77. The molecule has 0 bridgehead atoms. The van der Waals surface area contributed by atoms with Crippen LogP contribution in [0.2, 0.25) is 0 Å². The van der Waals surface area contributed by atoms with Crippen molar-refractivity contribution in [1.82, 2.24) is 15.3 Å². The van der Waals surface area contributed by atoms with Crippen LogP contribution >= 0.6 is 0 Å². The van der Waals surface area contributed by atoms with Crippen molar-refractivity contribution >= 4 is 16.8 Å². The number of pyridine rings is 2. The van der Waals surface area contributed by atoms with Crippen molar-refractivity contribution in [3.05, 3.63) is 95.3 Å². The minimum absolute atomic E-state index is 0.0557. The lowest BCUT2D eigenvalue weighted by Crippen LogP contribution is -2.25. The molecule has 34 heavy (non-hydrogen) atoms. The van der Waals surface area contributed by atoms with Crippen LogP contribution < -0.4 is 5.32 Å². The van der Waals surface area contributed by atoms with Gasteiger partial charge in [-0.25, -0.2) is 0 Å². The third-order valence-corrected chi connectivity index (χ3v) is 5.14. The Morgan fingerprint density at radius 2 is 1.56 bits per heavy atom. The van der Waals surface area contributed by atoms with E-state index in [1.54, 1.807) is 30.5 Å². The Bertz CT molecular complexity index is 1350. The summed E-state index contributed by atoms with van der Waals surface area (Å²) in [5.41, 5.74) is -1.59. The number of benzene rings is 2. The van der Waals surface area contributed by atoms with Crippen molar-refractivity contribution in [3.8, 4) is 11.3 Å². The third kappa shape index (κ3) is 4.85. The summed E-state index contributed by atoms with van der Waals surface area (Å²) < 4.78 is 79.7. The smallest absolute Gasteiger partial charge is 0.348 e. The summed E-state index contributed by atoms with van der Waals surface area (Å²) in [5.74, 6) is -0.624. The summed E-state index contributed by atoms with van der Waals surface area (Å²) in [6.45, 7) is -0.539. The minimum atomic E-state index is -4.77. The fraction of sp³-hybridized carbons (Fsp3) is 0.125. The first-order valence-corrected chi connectivity index (χ1v) is 9.90. The number of nitrogens with zero attached hydrogens (tertiary/aromatic N) is 2. The molecule has 0 spiro atoms. The summed E-state index contributed by atoms with van der Waals surface area (Å²) in [4.78, 5) is 20.8. The van der Waals surface area contributed by atoms with Gasteiger partial charge >= 0.3 is 12.4 Å². The molecule has 2 aromatic carbocycles. The molecule has 1 amide bonds. The van der Waals surface area contributed by atoms with Gasteiger partial charge in [-0.1, -0.05) is 18.2 Å². The molecule has 0 saturated carbocycles. The van der Waals surface area contributed by atoms with Gasteiger partial charge in [0.2, 0.25) is 0 Å². The van der Waals surface area contributed by atoms with Gasteiger partial charge in [0, 0.05) is 41.0 Å². The van der Waals surface area contributed by atoms with Crippen LogP contribution in [0.25, 0.3) is 22.2 Å². The lowest BCUT2D eigenvalue weighted by molar-refractivity contribution is -0.138. The first kappa shape index (κ1) is 23.2. The van der Waals surface area contributed by atoms with Gasteiger partial charge in [0.15, 0.2) is 0 Å². The maximum Gasteiger partial charge on any atom is 0.416 e. The number of carbonyl (C=O) groups excluding carboxylic acids is 1. The summed E-state index contributed by atoms with van der Waals surface area (Å²) in [6.07, 6.45) is -6.84. The molecular weight excluding hydrogens is 460 g/mol.